The Morgan fingerprint density at radius 3 is 1.61 bits per heavy atom. The maximum absolute atomic E-state index is 12.3. The zero-order valence-electron chi connectivity index (χ0n) is 29.3. The molecule has 0 aliphatic rings. The summed E-state index contributed by atoms with van der Waals surface area (Å²) in [6, 6.07) is 16.6. The second-order valence-electron chi connectivity index (χ2n) is 12.7. The fraction of sp³-hybridized carbons (Fsp3) is 0.0857. The number of phenols is 2. The predicted molar refractivity (Wildman–Crippen MR) is 212 cm³/mol. The number of rotatable bonds is 10. The van der Waals surface area contributed by atoms with Gasteiger partial charge in [-0.1, -0.05) is 12.1 Å². The van der Waals surface area contributed by atoms with Crippen LogP contribution in [0.15, 0.2) is 108 Å². The van der Waals surface area contributed by atoms with E-state index in [4.69, 9.17) is 11.5 Å². The van der Waals surface area contributed by atoms with Crippen molar-refractivity contribution in [3.8, 4) is 22.6 Å². The predicted octanol–water partition coefficient (Wildman–Crippen LogP) is 6.26. The van der Waals surface area contributed by atoms with Crippen molar-refractivity contribution in [2.45, 2.75) is 34.3 Å². The van der Waals surface area contributed by atoms with Gasteiger partial charge in [-0.15, -0.1) is 10.2 Å². The number of nitrogens with zero attached hydrogens (tertiary/aromatic N) is 4. The number of aromatic hydroxyl groups is 2. The molecular weight excluding hydrogens is 825 g/mol. The molecule has 0 fully saturated rings. The van der Waals surface area contributed by atoms with Crippen LogP contribution in [0.25, 0.3) is 32.7 Å². The van der Waals surface area contributed by atoms with Gasteiger partial charge in [-0.2, -0.15) is 27.1 Å². The van der Waals surface area contributed by atoms with Crippen molar-refractivity contribution in [3.63, 3.8) is 0 Å². The Bertz CT molecular complexity index is 3150. The van der Waals surface area contributed by atoms with Gasteiger partial charge in [0.1, 0.15) is 27.0 Å². The highest BCUT2D eigenvalue weighted by molar-refractivity contribution is 7.86. The highest BCUT2D eigenvalue weighted by Crippen LogP contribution is 2.45. The molecule has 0 saturated heterocycles. The Morgan fingerprint density at radius 2 is 1.12 bits per heavy atom. The molecule has 6 aromatic rings. The van der Waals surface area contributed by atoms with Crippen molar-refractivity contribution in [3.05, 3.63) is 89.5 Å². The zero-order chi connectivity index (χ0) is 41.7. The number of hydrogen-bond acceptors (Lipinski definition) is 16. The topological polar surface area (TPSA) is 319 Å². The summed E-state index contributed by atoms with van der Waals surface area (Å²) >= 11 is 0. The molecular formula is C35H30N6O12S4. The normalized spacial score (nSPS) is 12.6. The van der Waals surface area contributed by atoms with Crippen LogP contribution < -0.4 is 11.5 Å². The van der Waals surface area contributed by atoms with E-state index >= 15 is 0 Å². The molecule has 0 aromatic heterocycles. The molecule has 57 heavy (non-hydrogen) atoms. The second kappa shape index (κ2) is 15.1. The second-order valence-corrected chi connectivity index (χ2v) is 17.4. The Kier molecular flexibility index (Phi) is 10.8. The highest BCUT2D eigenvalue weighted by Gasteiger charge is 2.24. The molecule has 0 saturated carbocycles. The fourth-order valence-corrected chi connectivity index (χ4v) is 8.37. The van der Waals surface area contributed by atoms with E-state index in [1.54, 1.807) is 50.2 Å². The SMILES string of the molecule is Cc1cc(-c2ccc(N=Nc3c(S(=O)(=O)O)cc4cc(C[SH](=O)=O)cc(N)c4c3O)c(C)c2)ccc1N=Nc1c([SH](=O)=O)cc2cc(S(=O)(=O)O)cc(N)c2c1O. The molecule has 0 atom stereocenters. The van der Waals surface area contributed by atoms with Crippen LogP contribution in [0.5, 0.6) is 11.5 Å². The van der Waals surface area contributed by atoms with Gasteiger partial charge in [0.2, 0.25) is 0 Å². The number of fused-ring (bicyclic) bond motifs is 2. The number of benzene rings is 6. The Hall–Kier alpha value is -6.04. The highest BCUT2D eigenvalue weighted by atomic mass is 32.2. The Morgan fingerprint density at radius 1 is 0.614 bits per heavy atom. The summed E-state index contributed by atoms with van der Waals surface area (Å²) in [5.74, 6) is -1.76. The first-order chi connectivity index (χ1) is 26.6. The quantitative estimate of drug-likeness (QED) is 0.0326. The van der Waals surface area contributed by atoms with E-state index < -0.39 is 79.2 Å². The lowest BCUT2D eigenvalue weighted by Gasteiger charge is -2.12. The van der Waals surface area contributed by atoms with Crippen LogP contribution in [0.2, 0.25) is 0 Å². The smallest absolute Gasteiger partial charge is 0.296 e. The summed E-state index contributed by atoms with van der Waals surface area (Å²) in [5.41, 5.74) is 14.0. The lowest BCUT2D eigenvalue weighted by molar-refractivity contribution is 0.472. The summed E-state index contributed by atoms with van der Waals surface area (Å²) in [7, 11) is -15.9. The molecule has 6 aromatic carbocycles. The van der Waals surface area contributed by atoms with Crippen LogP contribution in [-0.2, 0) is 47.4 Å². The molecule has 18 nitrogen and oxygen atoms in total. The first kappa shape index (κ1) is 40.6. The zero-order valence-corrected chi connectivity index (χ0v) is 32.8. The largest absolute Gasteiger partial charge is 0.505 e. The van der Waals surface area contributed by atoms with Gasteiger partial charge < -0.3 is 21.7 Å². The number of hydrogen-bond donors (Lipinski definition) is 8. The monoisotopic (exact) mass is 854 g/mol. The van der Waals surface area contributed by atoms with E-state index in [9.17, 15) is 53.0 Å². The van der Waals surface area contributed by atoms with Crippen LogP contribution >= 0.6 is 0 Å². The molecule has 0 amide bonds. The molecule has 0 heterocycles. The molecule has 22 heteroatoms. The van der Waals surface area contributed by atoms with Gasteiger partial charge in [-0.25, -0.2) is 16.8 Å². The number of azo groups is 2. The van der Waals surface area contributed by atoms with Crippen molar-refractivity contribution >= 4 is 97.3 Å². The fourth-order valence-electron chi connectivity index (χ4n) is 6.11. The van der Waals surface area contributed by atoms with Crippen molar-refractivity contribution in [1.29, 1.82) is 0 Å². The summed E-state index contributed by atoms with van der Waals surface area (Å²) in [5, 5.41) is 38.1. The van der Waals surface area contributed by atoms with Crippen LogP contribution in [-0.4, -0.2) is 53.0 Å². The van der Waals surface area contributed by atoms with Gasteiger partial charge in [-0.05, 0) is 113 Å². The van der Waals surface area contributed by atoms with E-state index in [1.807, 2.05) is 0 Å². The average Bonchev–Trinajstić information content (AvgIpc) is 3.09. The molecule has 6 rings (SSSR count). The van der Waals surface area contributed by atoms with Crippen molar-refractivity contribution in [2.75, 3.05) is 11.5 Å². The van der Waals surface area contributed by atoms with Gasteiger partial charge in [0, 0.05) is 22.1 Å². The van der Waals surface area contributed by atoms with E-state index in [1.165, 1.54) is 12.1 Å². The van der Waals surface area contributed by atoms with Crippen LogP contribution in [0, 0.1) is 13.8 Å². The van der Waals surface area contributed by atoms with E-state index in [0.29, 0.717) is 27.9 Å². The van der Waals surface area contributed by atoms with E-state index in [2.05, 4.69) is 20.5 Å². The molecule has 0 aliphatic carbocycles. The lowest BCUT2D eigenvalue weighted by atomic mass is 10.0. The summed E-state index contributed by atoms with van der Waals surface area (Å²) in [4.78, 5) is -1.86. The van der Waals surface area contributed by atoms with Gasteiger partial charge in [-0.3, -0.25) is 9.11 Å². The average molecular weight is 855 g/mol. The van der Waals surface area contributed by atoms with Gasteiger partial charge in [0.05, 0.1) is 26.9 Å². The maximum atomic E-state index is 12.3. The number of anilines is 2. The number of aryl methyl sites for hydroxylation is 2. The minimum atomic E-state index is -4.96. The molecule has 0 radical (unpaired) electrons. The molecule has 296 valence electrons. The summed E-state index contributed by atoms with van der Waals surface area (Å²) in [6.07, 6.45) is 0. The molecule has 0 spiro atoms. The Labute approximate surface area is 327 Å². The third-order valence-corrected chi connectivity index (χ3v) is 11.8. The standard InChI is InChI=1S/C35H30N6O12S4/c1-16-7-19(3-5-26(16)38-40-32-28(55(46)47)12-22-11-23(56(48,49)50)14-25(37)31(22)34(32)42)20-4-6-27(17(2)8-20)39-41-33-29(57(51,52)53)13-21-9-18(15-54(44)45)10-24(36)30(21)35(33)43/h3-14,42-43,54-55H,15,36-37H2,1-2H3,(H,48,49,50)(H,51,52,53). The first-order valence-electron chi connectivity index (χ1n) is 16.1. The molecule has 0 unspecified atom stereocenters. The number of nitrogens with two attached hydrogens (primary N) is 2. The van der Waals surface area contributed by atoms with Gasteiger partial charge in [0.25, 0.3) is 20.2 Å². The third kappa shape index (κ3) is 8.26. The number of phenolic OH excluding ortho intramolecular Hbond substituents is 2. The molecule has 0 bridgehead atoms. The van der Waals surface area contributed by atoms with E-state index in [-0.39, 0.29) is 49.9 Å². The summed E-state index contributed by atoms with van der Waals surface area (Å²) in [6.45, 7) is 3.40. The van der Waals surface area contributed by atoms with Crippen molar-refractivity contribution < 1.29 is 53.0 Å². The first-order valence-corrected chi connectivity index (χ1v) is 21.5. The van der Waals surface area contributed by atoms with Crippen LogP contribution in [0.4, 0.5) is 34.1 Å². The van der Waals surface area contributed by atoms with Gasteiger partial charge >= 0.3 is 0 Å². The number of thiol groups is 2. The number of nitrogen functional groups attached to an aromatic ring is 2. The molecule has 0 aliphatic heterocycles. The van der Waals surface area contributed by atoms with Crippen LogP contribution in [0.1, 0.15) is 16.7 Å². The van der Waals surface area contributed by atoms with E-state index in [0.717, 1.165) is 24.3 Å². The lowest BCUT2D eigenvalue weighted by Crippen LogP contribution is -2.00. The van der Waals surface area contributed by atoms with Crippen molar-refractivity contribution in [1.82, 2.24) is 0 Å². The van der Waals surface area contributed by atoms with Gasteiger partial charge in [0.15, 0.2) is 22.2 Å². The van der Waals surface area contributed by atoms with Crippen LogP contribution in [0.3, 0.4) is 0 Å². The minimum absolute atomic E-state index is 0.0245. The Balaban J connectivity index is 1.32. The molecule has 8 N–H and O–H groups in total. The van der Waals surface area contributed by atoms with Crippen molar-refractivity contribution in [2.24, 2.45) is 20.5 Å². The third-order valence-electron chi connectivity index (χ3n) is 8.74. The minimum Gasteiger partial charge on any atom is -0.505 e. The summed E-state index contributed by atoms with van der Waals surface area (Å²) < 4.78 is 114. The maximum Gasteiger partial charge on any atom is 0.296 e.